The smallest absolute Gasteiger partial charge is 0.422 e. The zero-order valence-corrected chi connectivity index (χ0v) is 11.7. The number of phenols is 1. The van der Waals surface area contributed by atoms with Crippen molar-refractivity contribution in [2.45, 2.75) is 20.0 Å². The van der Waals surface area contributed by atoms with Crippen LogP contribution in [0.2, 0.25) is 5.02 Å². The van der Waals surface area contributed by atoms with Crippen molar-refractivity contribution in [3.8, 4) is 5.75 Å². The molecule has 106 valence electrons. The van der Waals surface area contributed by atoms with E-state index in [0.29, 0.717) is 0 Å². The number of hydrogen-bond donors (Lipinski definition) is 3. The van der Waals surface area contributed by atoms with Crippen LogP contribution in [0.4, 0.5) is 10.5 Å². The summed E-state index contributed by atoms with van der Waals surface area (Å²) in [7, 11) is -4.16. The summed E-state index contributed by atoms with van der Waals surface area (Å²) in [5.41, 5.74) is 0.0179. The summed E-state index contributed by atoms with van der Waals surface area (Å²) in [6.45, 7) is 3.16. The van der Waals surface area contributed by atoms with E-state index in [9.17, 15) is 13.2 Å². The van der Waals surface area contributed by atoms with Gasteiger partial charge < -0.3 is 9.84 Å². The van der Waals surface area contributed by atoms with Gasteiger partial charge in [0.1, 0.15) is 5.75 Å². The van der Waals surface area contributed by atoms with E-state index in [1.165, 1.54) is 12.1 Å². The highest BCUT2D eigenvalue weighted by atomic mass is 35.5. The van der Waals surface area contributed by atoms with Crippen molar-refractivity contribution in [2.24, 2.45) is 0 Å². The second-order valence-corrected chi connectivity index (χ2v) is 5.65. The van der Waals surface area contributed by atoms with Gasteiger partial charge in [-0.3, -0.25) is 4.72 Å². The van der Waals surface area contributed by atoms with E-state index in [1.807, 2.05) is 4.72 Å². The van der Waals surface area contributed by atoms with E-state index in [2.05, 4.69) is 4.74 Å². The van der Waals surface area contributed by atoms with Crippen LogP contribution in [0.15, 0.2) is 18.2 Å². The second kappa shape index (κ2) is 5.98. The predicted molar refractivity (Wildman–Crippen MR) is 70.4 cm³/mol. The van der Waals surface area contributed by atoms with Crippen molar-refractivity contribution >= 4 is 33.6 Å². The van der Waals surface area contributed by atoms with E-state index in [-0.39, 0.29) is 16.5 Å². The number of hydrogen-bond acceptors (Lipinski definition) is 5. The van der Waals surface area contributed by atoms with Gasteiger partial charge in [-0.15, -0.1) is 0 Å². The normalized spacial score (nSPS) is 11.2. The SMILES string of the molecule is CC(C)OC(=O)NS(=O)(=O)Nc1ccc(O)cc1Cl. The fraction of sp³-hybridized carbons (Fsp3) is 0.300. The summed E-state index contributed by atoms with van der Waals surface area (Å²) >= 11 is 5.73. The van der Waals surface area contributed by atoms with Crippen molar-refractivity contribution in [1.29, 1.82) is 0 Å². The lowest BCUT2D eigenvalue weighted by atomic mass is 10.3. The maximum atomic E-state index is 11.6. The van der Waals surface area contributed by atoms with E-state index < -0.39 is 22.4 Å². The molecule has 3 N–H and O–H groups in total. The van der Waals surface area contributed by atoms with E-state index in [4.69, 9.17) is 16.7 Å². The molecule has 1 amide bonds. The molecule has 0 aliphatic rings. The number of aromatic hydroxyl groups is 1. The number of nitrogens with one attached hydrogen (secondary N) is 2. The maximum absolute atomic E-state index is 11.6. The zero-order chi connectivity index (χ0) is 14.6. The largest absolute Gasteiger partial charge is 0.508 e. The van der Waals surface area contributed by atoms with E-state index >= 15 is 0 Å². The first-order valence-electron chi connectivity index (χ1n) is 5.19. The molecule has 1 rings (SSSR count). The minimum atomic E-state index is -4.16. The lowest BCUT2D eigenvalue weighted by Crippen LogP contribution is -2.36. The molecule has 0 atom stereocenters. The Morgan fingerprint density at radius 3 is 2.58 bits per heavy atom. The Labute approximate surface area is 115 Å². The van der Waals surface area contributed by atoms with Gasteiger partial charge in [0.2, 0.25) is 0 Å². The molecule has 1 aromatic carbocycles. The second-order valence-electron chi connectivity index (χ2n) is 3.83. The van der Waals surface area contributed by atoms with Crippen molar-refractivity contribution < 1.29 is 23.1 Å². The molecule has 19 heavy (non-hydrogen) atoms. The third kappa shape index (κ3) is 5.23. The number of benzene rings is 1. The third-order valence-electron chi connectivity index (χ3n) is 1.76. The number of anilines is 1. The van der Waals surface area contributed by atoms with Crippen LogP contribution < -0.4 is 9.44 Å². The summed E-state index contributed by atoms with van der Waals surface area (Å²) in [6.07, 6.45) is -1.55. The Balaban J connectivity index is 2.77. The lowest BCUT2D eigenvalue weighted by Gasteiger charge is -2.12. The van der Waals surface area contributed by atoms with Crippen LogP contribution in [-0.2, 0) is 14.9 Å². The van der Waals surface area contributed by atoms with Gasteiger partial charge >= 0.3 is 16.3 Å². The van der Waals surface area contributed by atoms with Crippen LogP contribution in [0.1, 0.15) is 13.8 Å². The quantitative estimate of drug-likeness (QED) is 0.736. The van der Waals surface area contributed by atoms with Crippen LogP contribution in [0.5, 0.6) is 5.75 Å². The predicted octanol–water partition coefficient (Wildman–Crippen LogP) is 1.84. The Morgan fingerprint density at radius 1 is 1.42 bits per heavy atom. The minimum Gasteiger partial charge on any atom is -0.508 e. The van der Waals surface area contributed by atoms with Crippen LogP contribution >= 0.6 is 11.6 Å². The monoisotopic (exact) mass is 308 g/mol. The number of phenolic OH excluding ortho intramolecular Hbond substituents is 1. The average Bonchev–Trinajstić information content (AvgIpc) is 2.19. The van der Waals surface area contributed by atoms with Gasteiger partial charge in [0.05, 0.1) is 16.8 Å². The molecule has 1 aromatic rings. The first-order chi connectivity index (χ1) is 8.69. The standard InChI is InChI=1S/C10H13ClN2O5S/c1-6(2)18-10(15)13-19(16,17)12-9-4-3-7(14)5-8(9)11/h3-6,12,14H,1-2H3,(H,13,15). The Hall–Kier alpha value is -1.67. The molecule has 0 saturated heterocycles. The highest BCUT2D eigenvalue weighted by Crippen LogP contribution is 2.26. The number of amides is 1. The van der Waals surface area contributed by atoms with Crippen molar-refractivity contribution in [2.75, 3.05) is 4.72 Å². The molecule has 9 heteroatoms. The third-order valence-corrected chi connectivity index (χ3v) is 2.99. The van der Waals surface area contributed by atoms with E-state index in [0.717, 1.165) is 6.07 Å². The highest BCUT2D eigenvalue weighted by molar-refractivity contribution is 7.91. The van der Waals surface area contributed by atoms with Crippen LogP contribution in [-0.4, -0.2) is 25.7 Å². The van der Waals surface area contributed by atoms with E-state index in [1.54, 1.807) is 18.6 Å². The number of ether oxygens (including phenoxy) is 1. The number of rotatable bonds is 4. The zero-order valence-electron chi connectivity index (χ0n) is 10.2. The number of carbonyl (C=O) groups is 1. The molecule has 0 saturated carbocycles. The molecular weight excluding hydrogens is 296 g/mol. The Bertz CT molecular complexity index is 573. The maximum Gasteiger partial charge on any atom is 0.422 e. The fourth-order valence-electron chi connectivity index (χ4n) is 1.10. The molecule has 0 unspecified atom stereocenters. The van der Waals surface area contributed by atoms with Gasteiger partial charge in [-0.25, -0.2) is 9.52 Å². The molecule has 0 aliphatic carbocycles. The van der Waals surface area contributed by atoms with Gasteiger partial charge in [0, 0.05) is 6.07 Å². The summed E-state index contributed by atoms with van der Waals surface area (Å²) < 4.78 is 31.5. The van der Waals surface area contributed by atoms with Crippen molar-refractivity contribution in [3.63, 3.8) is 0 Å². The average molecular weight is 309 g/mol. The van der Waals surface area contributed by atoms with Gasteiger partial charge in [-0.05, 0) is 26.0 Å². The molecule has 0 heterocycles. The minimum absolute atomic E-state index is 0.0115. The summed E-state index contributed by atoms with van der Waals surface area (Å²) in [5.74, 6) is -0.111. The number of halogens is 1. The summed E-state index contributed by atoms with van der Waals surface area (Å²) in [4.78, 5) is 11.2. The molecule has 0 radical (unpaired) electrons. The summed E-state index contributed by atoms with van der Waals surface area (Å²) in [6, 6.07) is 3.66. The molecule has 0 spiro atoms. The molecule has 7 nitrogen and oxygen atoms in total. The Morgan fingerprint density at radius 2 is 2.05 bits per heavy atom. The molecule has 0 aromatic heterocycles. The molecular formula is C10H13ClN2O5S. The highest BCUT2D eigenvalue weighted by Gasteiger charge is 2.17. The Kier molecular flexibility index (Phi) is 4.84. The topological polar surface area (TPSA) is 105 Å². The van der Waals surface area contributed by atoms with Crippen LogP contribution in [0, 0.1) is 0 Å². The van der Waals surface area contributed by atoms with Gasteiger partial charge in [0.25, 0.3) is 0 Å². The van der Waals surface area contributed by atoms with Gasteiger partial charge in [-0.1, -0.05) is 11.6 Å². The first kappa shape index (κ1) is 15.4. The van der Waals surface area contributed by atoms with Gasteiger partial charge in [0.15, 0.2) is 0 Å². The fourth-order valence-corrected chi connectivity index (χ4v) is 2.17. The molecule has 0 bridgehead atoms. The lowest BCUT2D eigenvalue weighted by molar-refractivity contribution is 0.121. The van der Waals surface area contributed by atoms with Gasteiger partial charge in [-0.2, -0.15) is 8.42 Å². The van der Waals surface area contributed by atoms with Crippen LogP contribution in [0.3, 0.4) is 0 Å². The van der Waals surface area contributed by atoms with Crippen molar-refractivity contribution in [3.05, 3.63) is 23.2 Å². The number of carbonyl (C=O) groups excluding carboxylic acids is 1. The first-order valence-corrected chi connectivity index (χ1v) is 7.05. The van der Waals surface area contributed by atoms with Crippen LogP contribution in [0.25, 0.3) is 0 Å². The van der Waals surface area contributed by atoms with Crippen molar-refractivity contribution in [1.82, 2.24) is 4.72 Å². The molecule has 0 fully saturated rings. The summed E-state index contributed by atoms with van der Waals surface area (Å²) in [5, 5.41) is 9.12. The molecule has 0 aliphatic heterocycles.